The van der Waals surface area contributed by atoms with Crippen molar-refractivity contribution < 1.29 is 9.18 Å². The van der Waals surface area contributed by atoms with Crippen molar-refractivity contribution in [1.82, 2.24) is 4.90 Å². The van der Waals surface area contributed by atoms with Crippen LogP contribution in [0.4, 0.5) is 4.39 Å². The number of benzene rings is 2. The third-order valence-electron chi connectivity index (χ3n) is 3.48. The number of carbonyl (C=O) groups is 1. The third-order valence-corrected chi connectivity index (χ3v) is 3.88. The Morgan fingerprint density at radius 2 is 1.90 bits per heavy atom. The van der Waals surface area contributed by atoms with Crippen molar-refractivity contribution in [3.63, 3.8) is 0 Å². The molecule has 0 aliphatic rings. The van der Waals surface area contributed by atoms with E-state index in [0.717, 1.165) is 0 Å². The molecule has 0 spiro atoms. The zero-order valence-corrected chi connectivity index (χ0v) is 12.8. The summed E-state index contributed by atoms with van der Waals surface area (Å²) < 4.78 is 13.8. The number of hydrogen-bond donors (Lipinski definition) is 1. The van der Waals surface area contributed by atoms with Crippen LogP contribution >= 0.6 is 12.2 Å². The topological polar surface area (TPSA) is 46.3 Å². The van der Waals surface area contributed by atoms with Crippen LogP contribution in [0.5, 0.6) is 0 Å². The first kappa shape index (κ1) is 15.4. The van der Waals surface area contributed by atoms with Crippen LogP contribution in [-0.4, -0.2) is 29.4 Å². The lowest BCUT2D eigenvalue weighted by Gasteiger charge is -2.21. The van der Waals surface area contributed by atoms with Crippen LogP contribution in [0, 0.1) is 11.7 Å². The van der Waals surface area contributed by atoms with Crippen molar-refractivity contribution >= 4 is 33.9 Å². The average molecular weight is 304 g/mol. The number of hydrogen-bond acceptors (Lipinski definition) is 2. The number of halogens is 1. The number of carbonyl (C=O) groups excluding carboxylic acids is 1. The van der Waals surface area contributed by atoms with E-state index in [-0.39, 0.29) is 17.6 Å². The van der Waals surface area contributed by atoms with E-state index < -0.39 is 0 Å². The molecule has 0 fully saturated rings. The first-order chi connectivity index (χ1) is 9.91. The summed E-state index contributed by atoms with van der Waals surface area (Å²) in [4.78, 5) is 14.5. The first-order valence-corrected chi connectivity index (χ1v) is 7.04. The highest BCUT2D eigenvalue weighted by atomic mass is 32.1. The van der Waals surface area contributed by atoms with Crippen molar-refractivity contribution in [3.8, 4) is 0 Å². The molecule has 0 aliphatic carbocycles. The number of fused-ring (bicyclic) bond motifs is 1. The SMILES string of the molecule is CC(CN(C)C(=O)c1ccc(F)c2ccccc12)C(N)=S. The zero-order valence-electron chi connectivity index (χ0n) is 12.0. The van der Waals surface area contributed by atoms with Crippen LogP contribution in [0.3, 0.4) is 0 Å². The van der Waals surface area contributed by atoms with Crippen molar-refractivity contribution in [2.24, 2.45) is 11.7 Å². The fourth-order valence-electron chi connectivity index (χ4n) is 2.24. The van der Waals surface area contributed by atoms with E-state index in [1.54, 1.807) is 36.2 Å². The Hall–Kier alpha value is -2.01. The lowest BCUT2D eigenvalue weighted by molar-refractivity contribution is 0.0789. The van der Waals surface area contributed by atoms with Gasteiger partial charge in [0, 0.05) is 30.5 Å². The van der Waals surface area contributed by atoms with E-state index in [1.807, 2.05) is 6.92 Å². The van der Waals surface area contributed by atoms with E-state index in [2.05, 4.69) is 0 Å². The molecule has 2 aromatic rings. The van der Waals surface area contributed by atoms with E-state index >= 15 is 0 Å². The molecule has 0 saturated carbocycles. The van der Waals surface area contributed by atoms with Crippen LogP contribution in [0.25, 0.3) is 10.8 Å². The minimum Gasteiger partial charge on any atom is -0.393 e. The van der Waals surface area contributed by atoms with Gasteiger partial charge in [-0.25, -0.2) is 4.39 Å². The number of nitrogens with two attached hydrogens (primary N) is 1. The molecular formula is C16H17FN2OS. The maximum absolute atomic E-state index is 13.8. The molecule has 1 unspecified atom stereocenters. The molecule has 0 heterocycles. The van der Waals surface area contributed by atoms with Crippen LogP contribution in [0.15, 0.2) is 36.4 Å². The minimum absolute atomic E-state index is 0.0688. The van der Waals surface area contributed by atoms with Gasteiger partial charge in [0.05, 0.1) is 4.99 Å². The summed E-state index contributed by atoms with van der Waals surface area (Å²) >= 11 is 4.92. The van der Waals surface area contributed by atoms with Gasteiger partial charge in [-0.15, -0.1) is 0 Å². The Balaban J connectivity index is 2.36. The summed E-state index contributed by atoms with van der Waals surface area (Å²) in [6.07, 6.45) is 0. The smallest absolute Gasteiger partial charge is 0.254 e. The quantitative estimate of drug-likeness (QED) is 0.883. The fourth-order valence-corrected chi connectivity index (χ4v) is 2.31. The molecule has 2 rings (SSSR count). The Morgan fingerprint density at radius 1 is 1.29 bits per heavy atom. The molecule has 0 radical (unpaired) electrons. The van der Waals surface area contributed by atoms with Gasteiger partial charge in [0.15, 0.2) is 0 Å². The summed E-state index contributed by atoms with van der Waals surface area (Å²) in [6.45, 7) is 2.30. The maximum Gasteiger partial charge on any atom is 0.254 e. The molecule has 5 heteroatoms. The van der Waals surface area contributed by atoms with Crippen LogP contribution < -0.4 is 5.73 Å². The molecule has 110 valence electrons. The highest BCUT2D eigenvalue weighted by Crippen LogP contribution is 2.23. The summed E-state index contributed by atoms with van der Waals surface area (Å²) in [5.41, 5.74) is 6.05. The molecule has 1 atom stereocenters. The third kappa shape index (κ3) is 3.19. The van der Waals surface area contributed by atoms with Gasteiger partial charge < -0.3 is 10.6 Å². The van der Waals surface area contributed by atoms with Gasteiger partial charge in [-0.2, -0.15) is 0 Å². The van der Waals surface area contributed by atoms with Crippen molar-refractivity contribution in [1.29, 1.82) is 0 Å². The van der Waals surface area contributed by atoms with E-state index in [0.29, 0.717) is 27.9 Å². The fraction of sp³-hybridized carbons (Fsp3) is 0.250. The van der Waals surface area contributed by atoms with Gasteiger partial charge >= 0.3 is 0 Å². The van der Waals surface area contributed by atoms with Gasteiger partial charge in [0.25, 0.3) is 5.91 Å². The Bertz CT molecular complexity index is 702. The zero-order chi connectivity index (χ0) is 15.6. The lowest BCUT2D eigenvalue weighted by atomic mass is 10.0. The summed E-state index contributed by atoms with van der Waals surface area (Å²) in [5.74, 6) is -0.573. The van der Waals surface area contributed by atoms with Crippen molar-refractivity contribution in [2.45, 2.75) is 6.92 Å². The molecule has 3 nitrogen and oxygen atoms in total. The molecule has 21 heavy (non-hydrogen) atoms. The Kier molecular flexibility index (Phi) is 4.53. The number of nitrogens with zero attached hydrogens (tertiary/aromatic N) is 1. The van der Waals surface area contributed by atoms with Gasteiger partial charge in [-0.3, -0.25) is 4.79 Å². The van der Waals surface area contributed by atoms with Gasteiger partial charge in [0.1, 0.15) is 5.82 Å². The highest BCUT2D eigenvalue weighted by molar-refractivity contribution is 7.80. The summed E-state index contributed by atoms with van der Waals surface area (Å²) in [7, 11) is 1.69. The van der Waals surface area contributed by atoms with Gasteiger partial charge in [-0.1, -0.05) is 43.4 Å². The highest BCUT2D eigenvalue weighted by Gasteiger charge is 2.18. The Labute approximate surface area is 128 Å². The average Bonchev–Trinajstić information content (AvgIpc) is 2.47. The van der Waals surface area contributed by atoms with Crippen molar-refractivity contribution in [3.05, 3.63) is 47.8 Å². The van der Waals surface area contributed by atoms with Gasteiger partial charge in [-0.05, 0) is 17.5 Å². The number of rotatable bonds is 4. The number of amides is 1. The summed E-state index contributed by atoms with van der Waals surface area (Å²) in [5, 5.41) is 1.05. The second-order valence-electron chi connectivity index (χ2n) is 5.13. The number of thiocarbonyl (C=S) groups is 1. The molecule has 0 saturated heterocycles. The predicted molar refractivity (Wildman–Crippen MR) is 86.8 cm³/mol. The van der Waals surface area contributed by atoms with Gasteiger partial charge in [0.2, 0.25) is 0 Å². The van der Waals surface area contributed by atoms with E-state index in [9.17, 15) is 9.18 Å². The largest absolute Gasteiger partial charge is 0.393 e. The Morgan fingerprint density at radius 3 is 2.52 bits per heavy atom. The molecule has 0 bridgehead atoms. The van der Waals surface area contributed by atoms with E-state index in [4.69, 9.17) is 18.0 Å². The van der Waals surface area contributed by atoms with Crippen LogP contribution in [0.1, 0.15) is 17.3 Å². The molecule has 0 aromatic heterocycles. The molecule has 2 aromatic carbocycles. The summed E-state index contributed by atoms with van der Waals surface area (Å²) in [6, 6.07) is 9.78. The standard InChI is InChI=1S/C16H17FN2OS/c1-10(15(18)21)9-19(2)16(20)13-7-8-14(17)12-6-4-3-5-11(12)13/h3-8,10H,9H2,1-2H3,(H2,18,21). The van der Waals surface area contributed by atoms with Crippen LogP contribution in [-0.2, 0) is 0 Å². The van der Waals surface area contributed by atoms with E-state index in [1.165, 1.54) is 12.1 Å². The monoisotopic (exact) mass is 304 g/mol. The maximum atomic E-state index is 13.8. The normalized spacial score (nSPS) is 12.1. The molecular weight excluding hydrogens is 287 g/mol. The first-order valence-electron chi connectivity index (χ1n) is 6.64. The molecule has 1 amide bonds. The second kappa shape index (κ2) is 6.18. The molecule has 2 N–H and O–H groups in total. The molecule has 0 aliphatic heterocycles. The van der Waals surface area contributed by atoms with Crippen LogP contribution in [0.2, 0.25) is 0 Å². The van der Waals surface area contributed by atoms with Crippen molar-refractivity contribution in [2.75, 3.05) is 13.6 Å². The lowest BCUT2D eigenvalue weighted by Crippen LogP contribution is -2.35. The predicted octanol–water partition coefficient (Wildman–Crippen LogP) is 2.97. The minimum atomic E-state index is -0.332. The second-order valence-corrected chi connectivity index (χ2v) is 5.60.